The van der Waals surface area contributed by atoms with E-state index in [0.29, 0.717) is 16.9 Å². The summed E-state index contributed by atoms with van der Waals surface area (Å²) in [6.45, 7) is 1.93. The van der Waals surface area contributed by atoms with E-state index in [0.717, 1.165) is 5.56 Å². The average molecular weight is 316 g/mol. The van der Waals surface area contributed by atoms with Crippen molar-refractivity contribution in [3.8, 4) is 0 Å². The number of benzene rings is 2. The standard InChI is InChI=1S/C18H20O3S/c1-2-13-12-22(20,21)16-11-7-6-10-15(16)17(18(13)19)14-8-4-3-5-9-14/h3-11,13,17-19H,2,12H2,1H3/t13-,17-,18?/m1/s1. The fourth-order valence-electron chi connectivity index (χ4n) is 3.34. The molecule has 0 fully saturated rings. The van der Waals surface area contributed by atoms with Crippen molar-refractivity contribution in [3.05, 3.63) is 65.7 Å². The van der Waals surface area contributed by atoms with Gasteiger partial charge in [0.15, 0.2) is 9.84 Å². The van der Waals surface area contributed by atoms with Crippen LogP contribution in [0, 0.1) is 5.92 Å². The zero-order valence-corrected chi connectivity index (χ0v) is 13.3. The molecule has 2 aromatic rings. The van der Waals surface area contributed by atoms with Crippen LogP contribution in [0.15, 0.2) is 59.5 Å². The highest BCUT2D eigenvalue weighted by atomic mass is 32.2. The van der Waals surface area contributed by atoms with Crippen LogP contribution in [0.25, 0.3) is 0 Å². The van der Waals surface area contributed by atoms with Crippen LogP contribution in [0.4, 0.5) is 0 Å². The number of fused-ring (bicyclic) bond motifs is 1. The van der Waals surface area contributed by atoms with Gasteiger partial charge in [-0.25, -0.2) is 8.42 Å². The smallest absolute Gasteiger partial charge is 0.179 e. The molecule has 0 bridgehead atoms. The Morgan fingerprint density at radius 2 is 1.68 bits per heavy atom. The Morgan fingerprint density at radius 1 is 1.05 bits per heavy atom. The molecule has 1 heterocycles. The van der Waals surface area contributed by atoms with Crippen LogP contribution in [-0.4, -0.2) is 25.4 Å². The molecule has 0 aliphatic carbocycles. The first-order valence-electron chi connectivity index (χ1n) is 7.59. The average Bonchev–Trinajstić information content (AvgIpc) is 2.62. The van der Waals surface area contributed by atoms with Gasteiger partial charge in [0.1, 0.15) is 0 Å². The lowest BCUT2D eigenvalue weighted by Gasteiger charge is -2.27. The molecule has 116 valence electrons. The quantitative estimate of drug-likeness (QED) is 0.926. The predicted octanol–water partition coefficient (Wildman–Crippen LogP) is 2.99. The Labute approximate surface area is 131 Å². The lowest BCUT2D eigenvalue weighted by molar-refractivity contribution is 0.100. The van der Waals surface area contributed by atoms with Crippen molar-refractivity contribution in [2.75, 3.05) is 5.75 Å². The van der Waals surface area contributed by atoms with E-state index < -0.39 is 15.9 Å². The number of rotatable bonds is 2. The highest BCUT2D eigenvalue weighted by Crippen LogP contribution is 2.40. The van der Waals surface area contributed by atoms with Gasteiger partial charge in [0.25, 0.3) is 0 Å². The van der Waals surface area contributed by atoms with Crippen LogP contribution in [-0.2, 0) is 9.84 Å². The molecule has 22 heavy (non-hydrogen) atoms. The Morgan fingerprint density at radius 3 is 2.36 bits per heavy atom. The third kappa shape index (κ3) is 2.57. The fraction of sp³-hybridized carbons (Fsp3) is 0.333. The van der Waals surface area contributed by atoms with Gasteiger partial charge in [-0.05, 0) is 29.5 Å². The first-order chi connectivity index (χ1) is 10.5. The normalized spacial score (nSPS) is 26.9. The maximum absolute atomic E-state index is 12.7. The number of aliphatic hydroxyl groups is 1. The third-order valence-electron chi connectivity index (χ3n) is 4.53. The van der Waals surface area contributed by atoms with Crippen LogP contribution in [0.3, 0.4) is 0 Å². The van der Waals surface area contributed by atoms with Crippen molar-refractivity contribution in [3.63, 3.8) is 0 Å². The molecule has 0 saturated carbocycles. The minimum atomic E-state index is -3.37. The number of sulfone groups is 1. The Kier molecular flexibility index (Phi) is 4.06. The molecule has 0 radical (unpaired) electrons. The van der Waals surface area contributed by atoms with Gasteiger partial charge < -0.3 is 5.11 Å². The van der Waals surface area contributed by atoms with Gasteiger partial charge in [-0.3, -0.25) is 0 Å². The lowest BCUT2D eigenvalue weighted by atomic mass is 9.81. The monoisotopic (exact) mass is 316 g/mol. The van der Waals surface area contributed by atoms with E-state index in [1.807, 2.05) is 49.4 Å². The second kappa shape index (κ2) is 5.86. The van der Waals surface area contributed by atoms with Crippen molar-refractivity contribution >= 4 is 9.84 Å². The highest BCUT2D eigenvalue weighted by molar-refractivity contribution is 7.91. The highest BCUT2D eigenvalue weighted by Gasteiger charge is 2.39. The number of aliphatic hydroxyl groups excluding tert-OH is 1. The summed E-state index contributed by atoms with van der Waals surface area (Å²) < 4.78 is 25.3. The SMILES string of the molecule is CC[C@@H]1CS(=O)(=O)c2ccccc2[C@@H](c2ccccc2)C1O. The van der Waals surface area contributed by atoms with Gasteiger partial charge >= 0.3 is 0 Å². The lowest BCUT2D eigenvalue weighted by Crippen LogP contribution is -2.29. The van der Waals surface area contributed by atoms with Crippen molar-refractivity contribution in [1.82, 2.24) is 0 Å². The third-order valence-corrected chi connectivity index (χ3v) is 6.44. The molecule has 0 spiro atoms. The first kappa shape index (κ1) is 15.3. The van der Waals surface area contributed by atoms with Crippen LogP contribution < -0.4 is 0 Å². The predicted molar refractivity (Wildman–Crippen MR) is 86.6 cm³/mol. The van der Waals surface area contributed by atoms with Gasteiger partial charge in [-0.15, -0.1) is 0 Å². The van der Waals surface area contributed by atoms with Crippen LogP contribution in [0.5, 0.6) is 0 Å². The topological polar surface area (TPSA) is 54.4 Å². The van der Waals surface area contributed by atoms with E-state index in [1.54, 1.807) is 12.1 Å². The number of hydrogen-bond acceptors (Lipinski definition) is 3. The van der Waals surface area contributed by atoms with E-state index in [-0.39, 0.29) is 17.6 Å². The maximum atomic E-state index is 12.7. The molecule has 0 aromatic heterocycles. The van der Waals surface area contributed by atoms with Crippen molar-refractivity contribution in [1.29, 1.82) is 0 Å². The van der Waals surface area contributed by atoms with Crippen molar-refractivity contribution in [2.45, 2.75) is 30.3 Å². The molecular formula is C18H20O3S. The molecule has 1 unspecified atom stereocenters. The molecular weight excluding hydrogens is 296 g/mol. The summed E-state index contributed by atoms with van der Waals surface area (Å²) in [6.07, 6.45) is -0.0663. The summed E-state index contributed by atoms with van der Waals surface area (Å²) in [5.74, 6) is -0.562. The first-order valence-corrected chi connectivity index (χ1v) is 9.24. The second-order valence-corrected chi connectivity index (χ2v) is 7.87. The molecule has 0 amide bonds. The van der Waals surface area contributed by atoms with E-state index in [4.69, 9.17) is 0 Å². The van der Waals surface area contributed by atoms with E-state index in [2.05, 4.69) is 0 Å². The Bertz CT molecular complexity index is 753. The van der Waals surface area contributed by atoms with Gasteiger partial charge in [-0.1, -0.05) is 55.5 Å². The van der Waals surface area contributed by atoms with Crippen molar-refractivity contribution < 1.29 is 13.5 Å². The zero-order valence-electron chi connectivity index (χ0n) is 12.5. The second-order valence-electron chi connectivity index (χ2n) is 5.87. The Balaban J connectivity index is 2.25. The molecule has 0 saturated heterocycles. The van der Waals surface area contributed by atoms with Crippen molar-refractivity contribution in [2.24, 2.45) is 5.92 Å². The number of hydrogen-bond donors (Lipinski definition) is 1. The van der Waals surface area contributed by atoms with Crippen LogP contribution >= 0.6 is 0 Å². The molecule has 3 rings (SSSR count). The largest absolute Gasteiger partial charge is 0.392 e. The van der Waals surface area contributed by atoms with Gasteiger partial charge in [-0.2, -0.15) is 0 Å². The summed E-state index contributed by atoms with van der Waals surface area (Å²) in [5, 5.41) is 10.9. The van der Waals surface area contributed by atoms with Gasteiger partial charge in [0.05, 0.1) is 16.8 Å². The minimum Gasteiger partial charge on any atom is -0.392 e. The molecule has 1 aliphatic rings. The summed E-state index contributed by atoms with van der Waals surface area (Å²) in [6, 6.07) is 16.7. The van der Waals surface area contributed by atoms with Crippen LogP contribution in [0.2, 0.25) is 0 Å². The summed E-state index contributed by atoms with van der Waals surface area (Å²) in [4.78, 5) is 0.360. The molecule has 1 N–H and O–H groups in total. The van der Waals surface area contributed by atoms with E-state index in [1.165, 1.54) is 0 Å². The molecule has 2 aromatic carbocycles. The van der Waals surface area contributed by atoms with Crippen LogP contribution in [0.1, 0.15) is 30.4 Å². The maximum Gasteiger partial charge on any atom is 0.179 e. The summed E-state index contributed by atoms with van der Waals surface area (Å²) in [7, 11) is -3.37. The van der Waals surface area contributed by atoms with E-state index >= 15 is 0 Å². The summed E-state index contributed by atoms with van der Waals surface area (Å²) >= 11 is 0. The molecule has 4 heteroatoms. The fourth-order valence-corrected chi connectivity index (χ4v) is 5.36. The van der Waals surface area contributed by atoms with Gasteiger partial charge in [0.2, 0.25) is 0 Å². The molecule has 3 atom stereocenters. The summed E-state index contributed by atoms with van der Waals surface area (Å²) in [5.41, 5.74) is 1.66. The Hall–Kier alpha value is -1.65. The molecule has 3 nitrogen and oxygen atoms in total. The van der Waals surface area contributed by atoms with Gasteiger partial charge in [0, 0.05) is 5.92 Å². The minimum absolute atomic E-state index is 0.00497. The van der Waals surface area contributed by atoms with E-state index in [9.17, 15) is 13.5 Å². The molecule has 1 aliphatic heterocycles. The zero-order chi connectivity index (χ0) is 15.7.